The van der Waals surface area contributed by atoms with E-state index in [-0.39, 0.29) is 5.82 Å². The lowest BCUT2D eigenvalue weighted by Gasteiger charge is -2.34. The maximum atomic E-state index is 13.1. The van der Waals surface area contributed by atoms with Gasteiger partial charge in [-0.3, -0.25) is 4.90 Å². The van der Waals surface area contributed by atoms with E-state index in [1.54, 1.807) is 6.26 Å². The van der Waals surface area contributed by atoms with Gasteiger partial charge >= 0.3 is 0 Å². The normalized spacial score (nSPS) is 16.3. The van der Waals surface area contributed by atoms with Crippen LogP contribution in [0.2, 0.25) is 0 Å². The highest BCUT2D eigenvalue weighted by atomic mass is 19.1. The lowest BCUT2D eigenvalue weighted by molar-refractivity contribution is 0.0276. The van der Waals surface area contributed by atoms with Crippen molar-refractivity contribution < 1.29 is 13.7 Å². The van der Waals surface area contributed by atoms with Crippen molar-refractivity contribution >= 4 is 0 Å². The van der Waals surface area contributed by atoms with Gasteiger partial charge in [0.15, 0.2) is 0 Å². The second-order valence-corrected chi connectivity index (χ2v) is 5.80. The molecule has 0 N–H and O–H groups in total. The minimum absolute atomic E-state index is 0.198. The summed E-state index contributed by atoms with van der Waals surface area (Å²) >= 11 is 0. The van der Waals surface area contributed by atoms with Gasteiger partial charge in [0.25, 0.3) is 0 Å². The number of hydrogen-bond acceptors (Lipinski definition) is 4. The first kappa shape index (κ1) is 15.2. The zero-order chi connectivity index (χ0) is 15.4. The zero-order valence-corrected chi connectivity index (χ0v) is 12.8. The summed E-state index contributed by atoms with van der Waals surface area (Å²) in [5.74, 6) is -0.198. The second-order valence-electron chi connectivity index (χ2n) is 5.80. The van der Waals surface area contributed by atoms with Crippen LogP contribution < -0.4 is 0 Å². The molecule has 1 aliphatic rings. The maximum absolute atomic E-state index is 13.1. The molecule has 22 heavy (non-hydrogen) atoms. The number of nitrogens with zero attached hydrogens (tertiary/aromatic N) is 2. The summed E-state index contributed by atoms with van der Waals surface area (Å²) in [7, 11) is 0. The van der Waals surface area contributed by atoms with Crippen LogP contribution in [0.5, 0.6) is 0 Å². The Labute approximate surface area is 129 Å². The Kier molecular flexibility index (Phi) is 4.85. The molecule has 0 amide bonds. The molecule has 0 atom stereocenters. The van der Waals surface area contributed by atoms with Gasteiger partial charge in [0.1, 0.15) is 12.1 Å². The molecule has 0 radical (unpaired) electrons. The summed E-state index contributed by atoms with van der Waals surface area (Å²) in [6.07, 6.45) is 3.75. The quantitative estimate of drug-likeness (QED) is 0.849. The van der Waals surface area contributed by atoms with E-state index in [0.717, 1.165) is 56.0 Å². The summed E-state index contributed by atoms with van der Waals surface area (Å²) in [5, 5.41) is 3.96. The minimum atomic E-state index is -0.198. The van der Waals surface area contributed by atoms with E-state index in [2.05, 4.69) is 10.1 Å². The Bertz CT molecular complexity index is 591. The van der Waals surface area contributed by atoms with E-state index in [9.17, 15) is 4.39 Å². The average molecular weight is 304 g/mol. The fraction of sp³-hybridized carbons (Fsp3) is 0.471. The molecule has 2 aromatic rings. The van der Waals surface area contributed by atoms with Gasteiger partial charge in [0, 0.05) is 37.9 Å². The molecule has 1 aromatic carbocycles. The Balaban J connectivity index is 1.75. The summed E-state index contributed by atoms with van der Waals surface area (Å²) in [4.78, 5) is 2.41. The molecule has 4 nitrogen and oxygen atoms in total. The summed E-state index contributed by atoms with van der Waals surface area (Å²) in [6, 6.07) is 7.20. The monoisotopic (exact) mass is 304 g/mol. The predicted octanol–water partition coefficient (Wildman–Crippen LogP) is 3.30. The Morgan fingerprint density at radius 1 is 1.18 bits per heavy atom. The Hall–Kier alpha value is -1.72. The van der Waals surface area contributed by atoms with Crippen LogP contribution in [0.1, 0.15) is 29.7 Å². The molecule has 2 heterocycles. The lowest BCUT2D eigenvalue weighted by atomic mass is 10.0. The molecule has 1 saturated heterocycles. The van der Waals surface area contributed by atoms with E-state index in [1.807, 2.05) is 19.1 Å². The van der Waals surface area contributed by atoms with Crippen LogP contribution in [0.4, 0.5) is 4.39 Å². The number of aromatic nitrogens is 1. The average Bonchev–Trinajstić information content (AvgIpc) is 2.95. The molecule has 118 valence electrons. The van der Waals surface area contributed by atoms with E-state index in [4.69, 9.17) is 9.26 Å². The van der Waals surface area contributed by atoms with Gasteiger partial charge in [-0.05, 0) is 37.5 Å². The van der Waals surface area contributed by atoms with Crippen molar-refractivity contribution in [2.75, 3.05) is 13.2 Å². The summed E-state index contributed by atoms with van der Waals surface area (Å²) in [5.41, 5.74) is 3.15. The highest BCUT2D eigenvalue weighted by Gasteiger charge is 2.23. The Morgan fingerprint density at radius 3 is 2.55 bits per heavy atom. The van der Waals surface area contributed by atoms with E-state index in [1.165, 1.54) is 12.1 Å². The molecule has 0 unspecified atom stereocenters. The fourth-order valence-corrected chi connectivity index (χ4v) is 2.87. The van der Waals surface area contributed by atoms with Crippen molar-refractivity contribution in [3.8, 4) is 0 Å². The number of halogens is 1. The predicted molar refractivity (Wildman–Crippen MR) is 80.7 cm³/mol. The fourth-order valence-electron chi connectivity index (χ4n) is 2.87. The van der Waals surface area contributed by atoms with E-state index in [0.29, 0.717) is 6.04 Å². The van der Waals surface area contributed by atoms with E-state index < -0.39 is 0 Å². The van der Waals surface area contributed by atoms with Crippen LogP contribution in [0.25, 0.3) is 0 Å². The highest BCUT2D eigenvalue weighted by molar-refractivity contribution is 5.17. The minimum Gasteiger partial charge on any atom is -0.381 e. The van der Waals surface area contributed by atoms with Gasteiger partial charge in [-0.2, -0.15) is 0 Å². The second kappa shape index (κ2) is 7.03. The molecule has 3 rings (SSSR count). The van der Waals surface area contributed by atoms with Crippen molar-refractivity contribution in [2.24, 2.45) is 0 Å². The third-order valence-electron chi connectivity index (χ3n) is 4.23. The Morgan fingerprint density at radius 2 is 1.91 bits per heavy atom. The molecule has 1 aromatic heterocycles. The third kappa shape index (κ3) is 3.72. The molecule has 0 aliphatic carbocycles. The van der Waals surface area contributed by atoms with Crippen molar-refractivity contribution in [3.63, 3.8) is 0 Å². The van der Waals surface area contributed by atoms with Gasteiger partial charge in [-0.15, -0.1) is 0 Å². The van der Waals surface area contributed by atoms with Crippen molar-refractivity contribution in [1.82, 2.24) is 10.1 Å². The molecule has 1 aliphatic heterocycles. The highest BCUT2D eigenvalue weighted by Crippen LogP contribution is 2.21. The van der Waals surface area contributed by atoms with Crippen molar-refractivity contribution in [1.29, 1.82) is 0 Å². The van der Waals surface area contributed by atoms with Crippen LogP contribution in [0, 0.1) is 12.7 Å². The lowest BCUT2D eigenvalue weighted by Crippen LogP contribution is -2.38. The van der Waals surface area contributed by atoms with Gasteiger partial charge < -0.3 is 9.26 Å². The standard InChI is InChI=1S/C17H21FN2O2/c1-13-15(12-22-19-13)11-20(17-6-8-21-9-7-17)10-14-2-4-16(18)5-3-14/h2-5,12,17H,6-11H2,1H3. The topological polar surface area (TPSA) is 38.5 Å². The number of ether oxygens (including phenoxy) is 1. The first-order valence-electron chi connectivity index (χ1n) is 7.68. The van der Waals surface area contributed by atoms with Crippen LogP contribution in [-0.2, 0) is 17.8 Å². The van der Waals surface area contributed by atoms with Crippen molar-refractivity contribution in [2.45, 2.75) is 38.9 Å². The van der Waals surface area contributed by atoms with Gasteiger partial charge in [-0.25, -0.2) is 4.39 Å². The zero-order valence-electron chi connectivity index (χ0n) is 12.8. The molecular weight excluding hydrogens is 283 g/mol. The number of hydrogen-bond donors (Lipinski definition) is 0. The molecule has 0 saturated carbocycles. The molecular formula is C17H21FN2O2. The molecule has 5 heteroatoms. The van der Waals surface area contributed by atoms with Gasteiger partial charge in [0.2, 0.25) is 0 Å². The van der Waals surface area contributed by atoms with Gasteiger partial charge in [-0.1, -0.05) is 17.3 Å². The first-order chi connectivity index (χ1) is 10.7. The maximum Gasteiger partial charge on any atom is 0.128 e. The number of rotatable bonds is 5. The summed E-state index contributed by atoms with van der Waals surface area (Å²) in [6.45, 7) is 5.13. The van der Waals surface area contributed by atoms with Crippen molar-refractivity contribution in [3.05, 3.63) is 53.2 Å². The number of aryl methyl sites for hydroxylation is 1. The van der Waals surface area contributed by atoms with Crippen LogP contribution in [0.3, 0.4) is 0 Å². The van der Waals surface area contributed by atoms with Crippen LogP contribution in [0.15, 0.2) is 35.1 Å². The molecule has 0 bridgehead atoms. The number of benzene rings is 1. The largest absolute Gasteiger partial charge is 0.381 e. The SMILES string of the molecule is Cc1nocc1CN(Cc1ccc(F)cc1)C1CCOCC1. The smallest absolute Gasteiger partial charge is 0.128 e. The summed E-state index contributed by atoms with van der Waals surface area (Å²) < 4.78 is 23.6. The van der Waals surface area contributed by atoms with Crippen LogP contribution in [-0.4, -0.2) is 29.3 Å². The van der Waals surface area contributed by atoms with Crippen LogP contribution >= 0.6 is 0 Å². The van der Waals surface area contributed by atoms with E-state index >= 15 is 0 Å². The third-order valence-corrected chi connectivity index (χ3v) is 4.23. The first-order valence-corrected chi connectivity index (χ1v) is 7.68. The molecule has 0 spiro atoms. The molecule has 1 fully saturated rings. The van der Waals surface area contributed by atoms with Gasteiger partial charge in [0.05, 0.1) is 5.69 Å².